The molecule has 0 amide bonds. The molecular formula is C14H20BrN3. The molecule has 2 saturated heterocycles. The van der Waals surface area contributed by atoms with Crippen LogP contribution in [0.2, 0.25) is 0 Å². The lowest BCUT2D eigenvalue weighted by Gasteiger charge is -2.49. The summed E-state index contributed by atoms with van der Waals surface area (Å²) in [5, 5.41) is 0. The number of fused-ring (bicyclic) bond motifs is 2. The minimum Gasteiger partial charge on any atom is -0.371 e. The topological polar surface area (TPSA) is 32.5 Å². The Kier molecular flexibility index (Phi) is 3.34. The van der Waals surface area contributed by atoms with E-state index in [1.807, 2.05) is 0 Å². The van der Waals surface area contributed by atoms with E-state index in [4.69, 9.17) is 5.73 Å². The Morgan fingerprint density at radius 1 is 1.17 bits per heavy atom. The van der Waals surface area contributed by atoms with E-state index in [9.17, 15) is 0 Å². The normalized spacial score (nSPS) is 32.6. The summed E-state index contributed by atoms with van der Waals surface area (Å²) in [6.45, 7) is 4.42. The molecule has 2 unspecified atom stereocenters. The molecule has 3 nitrogen and oxygen atoms in total. The number of nitrogens with two attached hydrogens (primary N) is 1. The molecule has 4 heteroatoms. The van der Waals surface area contributed by atoms with Crippen LogP contribution in [-0.2, 0) is 0 Å². The number of nitrogens with zero attached hydrogens (tertiary/aromatic N) is 2. The van der Waals surface area contributed by atoms with Crippen LogP contribution in [0.25, 0.3) is 0 Å². The molecule has 1 aromatic rings. The number of hydrogen-bond acceptors (Lipinski definition) is 3. The van der Waals surface area contributed by atoms with Crippen LogP contribution in [0, 0.1) is 11.8 Å². The van der Waals surface area contributed by atoms with Gasteiger partial charge in [-0.15, -0.1) is 0 Å². The molecule has 2 heterocycles. The molecule has 0 radical (unpaired) electrons. The van der Waals surface area contributed by atoms with E-state index < -0.39 is 0 Å². The third-order valence-corrected chi connectivity index (χ3v) is 4.76. The first-order chi connectivity index (χ1) is 8.63. The second-order valence-corrected chi connectivity index (χ2v) is 6.62. The van der Waals surface area contributed by atoms with Crippen molar-refractivity contribution in [2.24, 2.45) is 17.6 Å². The summed E-state index contributed by atoms with van der Waals surface area (Å²) in [4.78, 5) is 4.92. The van der Waals surface area contributed by atoms with E-state index in [-0.39, 0.29) is 0 Å². The number of halogens is 1. The Morgan fingerprint density at radius 3 is 2.44 bits per heavy atom. The fraction of sp³-hybridized carbons (Fsp3) is 0.571. The molecule has 3 rings (SSSR count). The van der Waals surface area contributed by atoms with E-state index in [2.05, 4.69) is 57.0 Å². The fourth-order valence-electron chi connectivity index (χ4n) is 3.39. The summed E-state index contributed by atoms with van der Waals surface area (Å²) in [7, 11) is 2.21. The molecule has 2 fully saturated rings. The molecule has 2 bridgehead atoms. The van der Waals surface area contributed by atoms with Gasteiger partial charge in [0.05, 0.1) is 0 Å². The fourth-order valence-corrected chi connectivity index (χ4v) is 3.77. The van der Waals surface area contributed by atoms with Crippen LogP contribution in [0.4, 0.5) is 5.69 Å². The van der Waals surface area contributed by atoms with Crippen LogP contribution in [0.3, 0.4) is 0 Å². The third kappa shape index (κ3) is 2.29. The smallest absolute Gasteiger partial charge is 0.0377 e. The average molecular weight is 310 g/mol. The Morgan fingerprint density at radius 2 is 1.83 bits per heavy atom. The number of anilines is 1. The molecule has 0 aromatic heterocycles. The predicted molar refractivity (Wildman–Crippen MR) is 78.8 cm³/mol. The van der Waals surface area contributed by atoms with Crippen molar-refractivity contribution in [1.82, 2.24) is 4.90 Å². The maximum absolute atomic E-state index is 6.35. The Balaban J connectivity index is 1.81. The van der Waals surface area contributed by atoms with E-state index in [0.29, 0.717) is 17.9 Å². The van der Waals surface area contributed by atoms with Crippen molar-refractivity contribution in [3.05, 3.63) is 28.7 Å². The van der Waals surface area contributed by atoms with Crippen molar-refractivity contribution in [3.8, 4) is 0 Å². The Bertz CT molecular complexity index is 421. The summed E-state index contributed by atoms with van der Waals surface area (Å²) < 4.78 is 1.15. The third-order valence-electron chi connectivity index (χ3n) is 4.26. The lowest BCUT2D eigenvalue weighted by molar-refractivity contribution is 0.107. The van der Waals surface area contributed by atoms with Crippen LogP contribution in [0.15, 0.2) is 28.7 Å². The second-order valence-electron chi connectivity index (χ2n) is 5.70. The van der Waals surface area contributed by atoms with Gasteiger partial charge in [0, 0.05) is 54.2 Å². The quantitative estimate of drug-likeness (QED) is 0.858. The molecule has 2 N–H and O–H groups in total. The van der Waals surface area contributed by atoms with Crippen molar-refractivity contribution in [2.75, 3.05) is 38.1 Å². The summed E-state index contributed by atoms with van der Waals surface area (Å²) in [6.07, 6.45) is 0. The van der Waals surface area contributed by atoms with Crippen LogP contribution in [0.5, 0.6) is 0 Å². The molecule has 18 heavy (non-hydrogen) atoms. The lowest BCUT2D eigenvalue weighted by atomic mass is 9.80. The Hall–Kier alpha value is -0.580. The van der Waals surface area contributed by atoms with Gasteiger partial charge in [-0.2, -0.15) is 0 Å². The molecule has 2 aliphatic heterocycles. The average Bonchev–Trinajstić information content (AvgIpc) is 2.31. The summed E-state index contributed by atoms with van der Waals surface area (Å²) in [6, 6.07) is 8.96. The van der Waals surface area contributed by atoms with Crippen LogP contribution < -0.4 is 10.6 Å². The van der Waals surface area contributed by atoms with E-state index >= 15 is 0 Å². The SMILES string of the molecule is CN1CC2CN(c3cccc(Br)c3)CC(C1)C2N. The van der Waals surface area contributed by atoms with Gasteiger partial charge in [-0.25, -0.2) is 0 Å². The van der Waals surface area contributed by atoms with Crippen LogP contribution in [0.1, 0.15) is 0 Å². The van der Waals surface area contributed by atoms with Gasteiger partial charge >= 0.3 is 0 Å². The number of rotatable bonds is 1. The monoisotopic (exact) mass is 309 g/mol. The number of hydrogen-bond donors (Lipinski definition) is 1. The van der Waals surface area contributed by atoms with E-state index in [1.54, 1.807) is 0 Å². The van der Waals surface area contributed by atoms with Crippen molar-refractivity contribution in [1.29, 1.82) is 0 Å². The highest BCUT2D eigenvalue weighted by Crippen LogP contribution is 2.31. The molecular weight excluding hydrogens is 290 g/mol. The van der Waals surface area contributed by atoms with Gasteiger partial charge in [0.15, 0.2) is 0 Å². The van der Waals surface area contributed by atoms with Gasteiger partial charge in [0.2, 0.25) is 0 Å². The highest BCUT2D eigenvalue weighted by Gasteiger charge is 2.39. The summed E-state index contributed by atoms with van der Waals surface area (Å²) in [5.41, 5.74) is 7.67. The number of benzene rings is 1. The highest BCUT2D eigenvalue weighted by atomic mass is 79.9. The van der Waals surface area contributed by atoms with Gasteiger partial charge in [0.1, 0.15) is 0 Å². The van der Waals surface area contributed by atoms with Gasteiger partial charge in [-0.3, -0.25) is 0 Å². The number of likely N-dealkylation sites (tertiary alicyclic amines) is 1. The molecule has 0 aliphatic carbocycles. The minimum atomic E-state index is 0.379. The lowest BCUT2D eigenvalue weighted by Crippen LogP contribution is -2.62. The largest absolute Gasteiger partial charge is 0.371 e. The molecule has 0 saturated carbocycles. The summed E-state index contributed by atoms with van der Waals surface area (Å²) in [5.74, 6) is 1.20. The minimum absolute atomic E-state index is 0.379. The standard InChI is InChI=1S/C14H20BrN3/c1-17-6-10-8-18(9-11(7-17)14(10)16)13-4-2-3-12(15)5-13/h2-5,10-11,14H,6-9,16H2,1H3. The van der Waals surface area contributed by atoms with E-state index in [0.717, 1.165) is 30.7 Å². The molecule has 0 spiro atoms. The number of piperidine rings is 2. The van der Waals surface area contributed by atoms with Crippen molar-refractivity contribution in [3.63, 3.8) is 0 Å². The van der Waals surface area contributed by atoms with Crippen molar-refractivity contribution in [2.45, 2.75) is 6.04 Å². The molecule has 2 aliphatic rings. The van der Waals surface area contributed by atoms with Crippen LogP contribution >= 0.6 is 15.9 Å². The van der Waals surface area contributed by atoms with Gasteiger partial charge in [-0.05, 0) is 25.2 Å². The summed E-state index contributed by atoms with van der Waals surface area (Å²) >= 11 is 3.55. The molecule has 98 valence electrons. The van der Waals surface area contributed by atoms with Gasteiger partial charge < -0.3 is 15.5 Å². The van der Waals surface area contributed by atoms with Gasteiger partial charge in [-0.1, -0.05) is 22.0 Å². The first kappa shape index (κ1) is 12.5. The Labute approximate surface area is 117 Å². The zero-order chi connectivity index (χ0) is 12.7. The zero-order valence-corrected chi connectivity index (χ0v) is 12.3. The van der Waals surface area contributed by atoms with Crippen LogP contribution in [-0.4, -0.2) is 44.2 Å². The van der Waals surface area contributed by atoms with Gasteiger partial charge in [0.25, 0.3) is 0 Å². The molecule has 2 atom stereocenters. The maximum Gasteiger partial charge on any atom is 0.0377 e. The zero-order valence-electron chi connectivity index (χ0n) is 10.7. The highest BCUT2D eigenvalue weighted by molar-refractivity contribution is 9.10. The van der Waals surface area contributed by atoms with Crippen molar-refractivity contribution >= 4 is 21.6 Å². The first-order valence-corrected chi connectivity index (χ1v) is 7.37. The molecule has 1 aromatic carbocycles. The van der Waals surface area contributed by atoms with E-state index in [1.165, 1.54) is 5.69 Å². The first-order valence-electron chi connectivity index (χ1n) is 6.58. The van der Waals surface area contributed by atoms with Crippen molar-refractivity contribution < 1.29 is 0 Å². The maximum atomic E-state index is 6.35. The predicted octanol–water partition coefficient (Wildman–Crippen LogP) is 1.77. The second kappa shape index (κ2) is 4.83.